The van der Waals surface area contributed by atoms with Crippen molar-refractivity contribution in [1.29, 1.82) is 0 Å². The average Bonchev–Trinajstić information content (AvgIpc) is 2.29. The lowest BCUT2D eigenvalue weighted by Gasteiger charge is -2.03. The predicted octanol–water partition coefficient (Wildman–Crippen LogP) is 2.01. The third kappa shape index (κ3) is 2.39. The summed E-state index contributed by atoms with van der Waals surface area (Å²) in [7, 11) is 1.75. The summed E-state index contributed by atoms with van der Waals surface area (Å²) in [5.41, 5.74) is 1.07. The molecule has 0 fully saturated rings. The van der Waals surface area contributed by atoms with Gasteiger partial charge in [0.15, 0.2) is 0 Å². The Morgan fingerprint density at radius 2 is 1.29 bits per heavy atom. The van der Waals surface area contributed by atoms with Crippen molar-refractivity contribution in [2.24, 2.45) is 0 Å². The van der Waals surface area contributed by atoms with Gasteiger partial charge in [-0.05, 0) is 17.6 Å². The summed E-state index contributed by atoms with van der Waals surface area (Å²) in [6.07, 6.45) is 0. The van der Waals surface area contributed by atoms with Crippen LogP contribution in [0, 0.1) is 0 Å². The SMILES string of the molecule is [B](Oc1ccccc1)c1ccccc1. The Labute approximate surface area is 84.6 Å². The first kappa shape index (κ1) is 8.88. The van der Waals surface area contributed by atoms with Crippen molar-refractivity contribution in [2.75, 3.05) is 0 Å². The Balaban J connectivity index is 1.96. The second-order valence-corrected chi connectivity index (χ2v) is 2.96. The molecule has 0 spiro atoms. The van der Waals surface area contributed by atoms with E-state index >= 15 is 0 Å². The van der Waals surface area contributed by atoms with E-state index in [1.807, 2.05) is 60.7 Å². The fourth-order valence-electron chi connectivity index (χ4n) is 1.17. The molecule has 0 saturated carbocycles. The molecular formula is C12H10BO. The van der Waals surface area contributed by atoms with Crippen LogP contribution in [-0.4, -0.2) is 7.48 Å². The minimum atomic E-state index is 0.858. The van der Waals surface area contributed by atoms with E-state index in [0.29, 0.717) is 0 Å². The molecule has 0 saturated heterocycles. The zero-order valence-corrected chi connectivity index (χ0v) is 7.76. The molecule has 67 valence electrons. The molecule has 2 aromatic rings. The standard InChI is InChI=1S/C12H10BO/c1-3-7-11(8-4-1)13-14-12-9-5-2-6-10-12/h1-10H. The zero-order valence-electron chi connectivity index (χ0n) is 7.76. The van der Waals surface area contributed by atoms with Crippen LogP contribution in [0.25, 0.3) is 0 Å². The quantitative estimate of drug-likeness (QED) is 0.658. The minimum Gasteiger partial charge on any atom is -0.558 e. The van der Waals surface area contributed by atoms with Gasteiger partial charge in [0, 0.05) is 0 Å². The van der Waals surface area contributed by atoms with Gasteiger partial charge in [-0.2, -0.15) is 0 Å². The summed E-state index contributed by atoms with van der Waals surface area (Å²) >= 11 is 0. The van der Waals surface area contributed by atoms with E-state index in [1.54, 1.807) is 7.48 Å². The van der Waals surface area contributed by atoms with E-state index in [2.05, 4.69) is 0 Å². The largest absolute Gasteiger partial charge is 0.558 e. The molecule has 0 heterocycles. The lowest BCUT2D eigenvalue weighted by molar-refractivity contribution is 0.605. The highest BCUT2D eigenvalue weighted by atomic mass is 16.4. The molecule has 0 amide bonds. The van der Waals surface area contributed by atoms with E-state index in [9.17, 15) is 0 Å². The van der Waals surface area contributed by atoms with Gasteiger partial charge in [-0.3, -0.25) is 0 Å². The maximum atomic E-state index is 5.47. The third-order valence-electron chi connectivity index (χ3n) is 1.87. The van der Waals surface area contributed by atoms with Crippen LogP contribution in [-0.2, 0) is 0 Å². The summed E-state index contributed by atoms with van der Waals surface area (Å²) in [4.78, 5) is 0. The fraction of sp³-hybridized carbons (Fsp3) is 0. The van der Waals surface area contributed by atoms with Gasteiger partial charge in [0.25, 0.3) is 0 Å². The van der Waals surface area contributed by atoms with Crippen LogP contribution in [0.15, 0.2) is 60.7 Å². The van der Waals surface area contributed by atoms with Gasteiger partial charge in [-0.1, -0.05) is 48.5 Å². The van der Waals surface area contributed by atoms with E-state index in [4.69, 9.17) is 4.65 Å². The number of rotatable bonds is 3. The highest BCUT2D eigenvalue weighted by Crippen LogP contribution is 2.06. The predicted molar refractivity (Wildman–Crippen MR) is 58.9 cm³/mol. The molecule has 0 N–H and O–H groups in total. The highest BCUT2D eigenvalue weighted by molar-refractivity contribution is 6.47. The first-order chi connectivity index (χ1) is 6.95. The number of benzene rings is 2. The first-order valence-corrected chi connectivity index (χ1v) is 4.55. The second kappa shape index (κ2) is 4.52. The second-order valence-electron chi connectivity index (χ2n) is 2.96. The molecule has 1 nitrogen and oxygen atoms in total. The molecule has 0 bridgehead atoms. The Hall–Kier alpha value is -1.70. The van der Waals surface area contributed by atoms with Gasteiger partial charge in [-0.15, -0.1) is 0 Å². The van der Waals surface area contributed by atoms with Gasteiger partial charge >= 0.3 is 7.48 Å². The lowest BCUT2D eigenvalue weighted by atomic mass is 9.88. The Bertz CT molecular complexity index is 333. The zero-order chi connectivity index (χ0) is 9.64. The van der Waals surface area contributed by atoms with Crippen LogP contribution in [0.3, 0.4) is 0 Å². The fourth-order valence-corrected chi connectivity index (χ4v) is 1.17. The molecule has 2 heteroatoms. The highest BCUT2D eigenvalue weighted by Gasteiger charge is 1.97. The van der Waals surface area contributed by atoms with Crippen LogP contribution in [0.4, 0.5) is 0 Å². The summed E-state index contributed by atoms with van der Waals surface area (Å²) in [6.45, 7) is 0. The van der Waals surface area contributed by atoms with E-state index < -0.39 is 0 Å². The van der Waals surface area contributed by atoms with Gasteiger partial charge in [0.1, 0.15) is 0 Å². The summed E-state index contributed by atoms with van der Waals surface area (Å²) in [6, 6.07) is 19.7. The van der Waals surface area contributed by atoms with Crippen molar-refractivity contribution in [2.45, 2.75) is 0 Å². The topological polar surface area (TPSA) is 9.23 Å². The Morgan fingerprint density at radius 3 is 1.93 bits per heavy atom. The van der Waals surface area contributed by atoms with Crippen LogP contribution in [0.2, 0.25) is 0 Å². The first-order valence-electron chi connectivity index (χ1n) is 4.55. The molecule has 14 heavy (non-hydrogen) atoms. The third-order valence-corrected chi connectivity index (χ3v) is 1.87. The van der Waals surface area contributed by atoms with E-state index in [-0.39, 0.29) is 0 Å². The van der Waals surface area contributed by atoms with E-state index in [1.165, 1.54) is 0 Å². The molecular weight excluding hydrogens is 171 g/mol. The van der Waals surface area contributed by atoms with Crippen LogP contribution < -0.4 is 10.1 Å². The van der Waals surface area contributed by atoms with Crippen LogP contribution in [0.1, 0.15) is 0 Å². The maximum Gasteiger partial charge on any atom is 0.408 e. The molecule has 0 aliphatic rings. The number of hydrogen-bond donors (Lipinski definition) is 0. The van der Waals surface area contributed by atoms with Crippen molar-refractivity contribution in [3.8, 4) is 5.75 Å². The molecule has 0 atom stereocenters. The van der Waals surface area contributed by atoms with Crippen molar-refractivity contribution in [3.05, 3.63) is 60.7 Å². The molecule has 0 aromatic heterocycles. The van der Waals surface area contributed by atoms with Gasteiger partial charge in [0.05, 0.1) is 5.75 Å². The summed E-state index contributed by atoms with van der Waals surface area (Å²) in [5, 5.41) is 0. The summed E-state index contributed by atoms with van der Waals surface area (Å²) < 4.78 is 5.47. The minimum absolute atomic E-state index is 0.858. The smallest absolute Gasteiger partial charge is 0.408 e. The molecule has 2 rings (SSSR count). The molecule has 0 aliphatic carbocycles. The van der Waals surface area contributed by atoms with Crippen LogP contribution >= 0.6 is 0 Å². The molecule has 0 unspecified atom stereocenters. The average molecular weight is 181 g/mol. The Kier molecular flexibility index (Phi) is 2.87. The molecule has 2 aromatic carbocycles. The molecule has 1 radical (unpaired) electrons. The monoisotopic (exact) mass is 181 g/mol. The van der Waals surface area contributed by atoms with Crippen molar-refractivity contribution >= 4 is 12.9 Å². The van der Waals surface area contributed by atoms with Crippen molar-refractivity contribution in [1.82, 2.24) is 0 Å². The maximum absolute atomic E-state index is 5.47. The Morgan fingerprint density at radius 1 is 0.714 bits per heavy atom. The molecule has 0 aliphatic heterocycles. The normalized spacial score (nSPS) is 9.43. The van der Waals surface area contributed by atoms with Crippen LogP contribution in [0.5, 0.6) is 5.75 Å². The van der Waals surface area contributed by atoms with Gasteiger partial charge in [-0.25, -0.2) is 0 Å². The number of hydrogen-bond acceptors (Lipinski definition) is 1. The van der Waals surface area contributed by atoms with Crippen molar-refractivity contribution in [3.63, 3.8) is 0 Å². The van der Waals surface area contributed by atoms with Gasteiger partial charge < -0.3 is 4.65 Å². The lowest BCUT2D eigenvalue weighted by Crippen LogP contribution is -2.19. The van der Waals surface area contributed by atoms with Crippen molar-refractivity contribution < 1.29 is 4.65 Å². The summed E-state index contributed by atoms with van der Waals surface area (Å²) in [5.74, 6) is 0.858. The van der Waals surface area contributed by atoms with Gasteiger partial charge in [0.2, 0.25) is 0 Å². The van der Waals surface area contributed by atoms with E-state index in [0.717, 1.165) is 11.2 Å². The number of para-hydroxylation sites is 1.